The monoisotopic (exact) mass is 438 g/mol. The molecule has 0 bridgehead atoms. The number of halogens is 2. The minimum atomic E-state index is -0.556. The zero-order chi connectivity index (χ0) is 20.5. The number of aromatic nitrogens is 1. The Kier molecular flexibility index (Phi) is 5.25. The van der Waals surface area contributed by atoms with E-state index < -0.39 is 5.63 Å². The summed E-state index contributed by atoms with van der Waals surface area (Å²) >= 11 is 13.4. The summed E-state index contributed by atoms with van der Waals surface area (Å²) in [6.45, 7) is 2.00. The summed E-state index contributed by atoms with van der Waals surface area (Å²) in [6.07, 6.45) is 1.77. The average molecular weight is 439 g/mol. The van der Waals surface area contributed by atoms with Gasteiger partial charge in [0.1, 0.15) is 11.1 Å². The molecule has 7 heteroatoms. The molecule has 4 aromatic rings. The number of nitriles is 1. The molecule has 4 nitrogen and oxygen atoms in total. The van der Waals surface area contributed by atoms with Crippen LogP contribution >= 0.6 is 34.5 Å². The second-order valence-electron chi connectivity index (χ2n) is 6.37. The number of allylic oxidation sites excluding steroid dienone is 1. The van der Waals surface area contributed by atoms with E-state index in [2.05, 4.69) is 11.1 Å². The molecule has 142 valence electrons. The molecule has 0 fully saturated rings. The van der Waals surface area contributed by atoms with Gasteiger partial charge in [-0.3, -0.25) is 0 Å². The maximum atomic E-state index is 12.5. The van der Waals surface area contributed by atoms with E-state index in [0.29, 0.717) is 26.7 Å². The molecule has 0 saturated carbocycles. The first-order valence-corrected chi connectivity index (χ1v) is 10.2. The smallest absolute Gasteiger partial charge is 0.345 e. The predicted molar refractivity (Wildman–Crippen MR) is 118 cm³/mol. The molecule has 0 N–H and O–H groups in total. The van der Waals surface area contributed by atoms with Gasteiger partial charge in [0.05, 0.1) is 21.9 Å². The largest absolute Gasteiger partial charge is 0.421 e. The van der Waals surface area contributed by atoms with Crippen LogP contribution in [-0.2, 0) is 0 Å². The highest BCUT2D eigenvalue weighted by molar-refractivity contribution is 7.11. The van der Waals surface area contributed by atoms with Gasteiger partial charge in [-0.25, -0.2) is 9.78 Å². The molecular weight excluding hydrogens is 427 g/mol. The van der Waals surface area contributed by atoms with Crippen molar-refractivity contribution in [1.29, 1.82) is 5.26 Å². The number of rotatable bonds is 3. The molecule has 2 heterocycles. The predicted octanol–water partition coefficient (Wildman–Crippen LogP) is 6.60. The van der Waals surface area contributed by atoms with E-state index in [1.807, 2.05) is 31.2 Å². The zero-order valence-corrected chi connectivity index (χ0v) is 17.4. The van der Waals surface area contributed by atoms with Crippen LogP contribution in [0.2, 0.25) is 10.0 Å². The number of fused-ring (bicyclic) bond motifs is 1. The highest BCUT2D eigenvalue weighted by Crippen LogP contribution is 2.31. The molecule has 2 aromatic heterocycles. The van der Waals surface area contributed by atoms with Gasteiger partial charge < -0.3 is 4.42 Å². The van der Waals surface area contributed by atoms with Crippen LogP contribution in [0.1, 0.15) is 16.1 Å². The summed E-state index contributed by atoms with van der Waals surface area (Å²) in [5.41, 5.74) is 2.89. The van der Waals surface area contributed by atoms with Gasteiger partial charge in [-0.05, 0) is 36.8 Å². The van der Waals surface area contributed by atoms with Gasteiger partial charge in [0, 0.05) is 15.8 Å². The van der Waals surface area contributed by atoms with E-state index in [-0.39, 0.29) is 16.2 Å². The fourth-order valence-electron chi connectivity index (χ4n) is 2.83. The first kappa shape index (κ1) is 19.4. The van der Waals surface area contributed by atoms with Gasteiger partial charge >= 0.3 is 5.63 Å². The van der Waals surface area contributed by atoms with Crippen molar-refractivity contribution in [1.82, 2.24) is 4.98 Å². The molecule has 4 rings (SSSR count). The van der Waals surface area contributed by atoms with E-state index in [0.717, 1.165) is 11.1 Å². The summed E-state index contributed by atoms with van der Waals surface area (Å²) in [6, 6.07) is 14.8. The Hall–Kier alpha value is -2.91. The van der Waals surface area contributed by atoms with Crippen LogP contribution in [0.3, 0.4) is 0 Å². The molecule has 0 radical (unpaired) electrons. The summed E-state index contributed by atoms with van der Waals surface area (Å²) in [5.74, 6) is 0. The van der Waals surface area contributed by atoms with E-state index >= 15 is 0 Å². The number of nitrogens with zero attached hydrogens (tertiary/aromatic N) is 2. The molecule has 2 aromatic carbocycles. The van der Waals surface area contributed by atoms with Gasteiger partial charge in [0.15, 0.2) is 5.58 Å². The first-order valence-electron chi connectivity index (χ1n) is 8.52. The van der Waals surface area contributed by atoms with E-state index in [1.54, 1.807) is 23.6 Å². The first-order chi connectivity index (χ1) is 13.9. The molecule has 0 atom stereocenters. The third kappa shape index (κ3) is 3.96. The molecule has 0 saturated heterocycles. The Bertz CT molecular complexity index is 1360. The van der Waals surface area contributed by atoms with Crippen LogP contribution in [0.25, 0.3) is 33.9 Å². The van der Waals surface area contributed by atoms with Gasteiger partial charge in [0.2, 0.25) is 0 Å². The quantitative estimate of drug-likeness (QED) is 0.267. The maximum Gasteiger partial charge on any atom is 0.345 e. The number of aryl methyl sites for hydroxylation is 1. The minimum absolute atomic E-state index is 0.267. The SMILES string of the molecule is Cc1ccc(C=C(C#N)c2nc(-c3cc4cc(Cl)cc(Cl)c4oc3=O)cs2)cc1. The molecule has 0 spiro atoms. The van der Waals surface area contributed by atoms with Crippen molar-refractivity contribution < 1.29 is 4.42 Å². The highest BCUT2D eigenvalue weighted by atomic mass is 35.5. The van der Waals surface area contributed by atoms with Gasteiger partial charge in [-0.1, -0.05) is 53.0 Å². The Morgan fingerprint density at radius 3 is 2.69 bits per heavy atom. The molecule has 0 aliphatic rings. The Morgan fingerprint density at radius 2 is 1.97 bits per heavy atom. The fourth-order valence-corrected chi connectivity index (χ4v) is 4.16. The summed E-state index contributed by atoms with van der Waals surface area (Å²) < 4.78 is 5.37. The van der Waals surface area contributed by atoms with Crippen LogP contribution in [0.5, 0.6) is 0 Å². The van der Waals surface area contributed by atoms with Crippen LogP contribution in [0.15, 0.2) is 57.1 Å². The Labute approximate surface area is 180 Å². The zero-order valence-electron chi connectivity index (χ0n) is 15.1. The fraction of sp³-hybridized carbons (Fsp3) is 0.0455. The van der Waals surface area contributed by atoms with Crippen molar-refractivity contribution >= 4 is 57.2 Å². The topological polar surface area (TPSA) is 66.9 Å². The number of thiazole rings is 1. The van der Waals surface area contributed by atoms with E-state index in [9.17, 15) is 10.1 Å². The van der Waals surface area contributed by atoms with Crippen LogP contribution in [0.4, 0.5) is 0 Å². The second kappa shape index (κ2) is 7.84. The maximum absolute atomic E-state index is 12.5. The molecule has 0 aliphatic heterocycles. The standard InChI is InChI=1S/C22H12Cl2N2O2S/c1-12-2-4-13(5-3-12)6-15(10-25)21-26-19(11-29-21)17-8-14-7-16(23)9-18(24)20(14)28-22(17)27/h2-9,11H,1H3. The highest BCUT2D eigenvalue weighted by Gasteiger charge is 2.15. The number of benzene rings is 2. The Balaban J connectivity index is 1.77. The van der Waals surface area contributed by atoms with Crippen molar-refractivity contribution in [3.8, 4) is 17.3 Å². The summed E-state index contributed by atoms with van der Waals surface area (Å²) in [5, 5.41) is 13.1. The van der Waals surface area contributed by atoms with Gasteiger partial charge in [-0.15, -0.1) is 11.3 Å². The van der Waals surface area contributed by atoms with Gasteiger partial charge in [0.25, 0.3) is 0 Å². The van der Waals surface area contributed by atoms with Gasteiger partial charge in [-0.2, -0.15) is 5.26 Å². The van der Waals surface area contributed by atoms with Crippen molar-refractivity contribution in [3.05, 3.63) is 84.4 Å². The third-order valence-electron chi connectivity index (χ3n) is 4.27. The lowest BCUT2D eigenvalue weighted by molar-refractivity contribution is 0.563. The molecule has 0 unspecified atom stereocenters. The normalized spacial score (nSPS) is 11.6. The second-order valence-corrected chi connectivity index (χ2v) is 8.07. The lowest BCUT2D eigenvalue weighted by Gasteiger charge is -2.02. The van der Waals surface area contributed by atoms with Crippen molar-refractivity contribution in [2.24, 2.45) is 0 Å². The third-order valence-corrected chi connectivity index (χ3v) is 5.65. The molecule has 0 aliphatic carbocycles. The van der Waals surface area contributed by atoms with Crippen molar-refractivity contribution in [2.45, 2.75) is 6.92 Å². The van der Waals surface area contributed by atoms with Crippen molar-refractivity contribution in [3.63, 3.8) is 0 Å². The average Bonchev–Trinajstić information content (AvgIpc) is 3.17. The lowest BCUT2D eigenvalue weighted by atomic mass is 10.1. The lowest BCUT2D eigenvalue weighted by Crippen LogP contribution is -2.03. The van der Waals surface area contributed by atoms with E-state index in [4.69, 9.17) is 27.6 Å². The Morgan fingerprint density at radius 1 is 1.21 bits per heavy atom. The summed E-state index contributed by atoms with van der Waals surface area (Å²) in [4.78, 5) is 16.9. The molecular formula is C22H12Cl2N2O2S. The van der Waals surface area contributed by atoms with E-state index in [1.165, 1.54) is 17.4 Å². The van der Waals surface area contributed by atoms with Crippen molar-refractivity contribution in [2.75, 3.05) is 0 Å². The number of hydrogen-bond acceptors (Lipinski definition) is 5. The number of hydrogen-bond donors (Lipinski definition) is 0. The van der Waals surface area contributed by atoms with Crippen LogP contribution < -0.4 is 5.63 Å². The molecule has 29 heavy (non-hydrogen) atoms. The minimum Gasteiger partial charge on any atom is -0.421 e. The van der Waals surface area contributed by atoms with Crippen LogP contribution in [0, 0.1) is 18.3 Å². The van der Waals surface area contributed by atoms with Crippen LogP contribution in [-0.4, -0.2) is 4.98 Å². The molecule has 0 amide bonds. The summed E-state index contributed by atoms with van der Waals surface area (Å²) in [7, 11) is 0.